The normalized spacial score (nSPS) is 11.4. The molecule has 0 fully saturated rings. The van der Waals surface area contributed by atoms with Crippen LogP contribution in [0.1, 0.15) is 33.9 Å². The van der Waals surface area contributed by atoms with Gasteiger partial charge in [-0.2, -0.15) is 0 Å². The van der Waals surface area contributed by atoms with Crippen LogP contribution in [-0.4, -0.2) is 32.9 Å². The Morgan fingerprint density at radius 1 is 1.11 bits per heavy atom. The number of hydrogen-bond acceptors (Lipinski definition) is 5. The standard InChI is InChI=1S/C20H20N2O4S2/c1-4-22(28(3,25)26)17-8-9-18-15(11-17)12-19(27-18)20(24)21-16-7-5-6-14(10-16)13(2)23/h5-12H,4H2,1-3H3,(H,21,24). The van der Waals surface area contributed by atoms with Crippen LogP contribution in [0.5, 0.6) is 0 Å². The summed E-state index contributed by atoms with van der Waals surface area (Å²) in [6.45, 7) is 3.57. The molecule has 1 amide bonds. The highest BCUT2D eigenvalue weighted by molar-refractivity contribution is 7.92. The highest BCUT2D eigenvalue weighted by Crippen LogP contribution is 2.30. The van der Waals surface area contributed by atoms with Crippen molar-refractivity contribution in [2.45, 2.75) is 13.8 Å². The number of Topliss-reactive ketones (excluding diaryl/α,β-unsaturated/α-hetero) is 1. The van der Waals surface area contributed by atoms with Gasteiger partial charge in [-0.3, -0.25) is 13.9 Å². The first kappa shape index (κ1) is 20.0. The van der Waals surface area contributed by atoms with E-state index in [1.807, 2.05) is 6.07 Å². The average molecular weight is 417 g/mol. The van der Waals surface area contributed by atoms with Crippen molar-refractivity contribution < 1.29 is 18.0 Å². The first-order valence-electron chi connectivity index (χ1n) is 8.62. The summed E-state index contributed by atoms with van der Waals surface area (Å²) in [5, 5.41) is 3.60. The van der Waals surface area contributed by atoms with E-state index in [0.717, 1.165) is 10.1 Å². The Bertz CT molecular complexity index is 1170. The van der Waals surface area contributed by atoms with Crippen molar-refractivity contribution in [3.8, 4) is 0 Å². The molecule has 2 aromatic carbocycles. The average Bonchev–Trinajstić information content (AvgIpc) is 3.05. The quantitative estimate of drug-likeness (QED) is 0.612. The number of carbonyl (C=O) groups is 2. The number of fused-ring (bicyclic) bond motifs is 1. The summed E-state index contributed by atoms with van der Waals surface area (Å²) in [5.41, 5.74) is 1.64. The molecule has 0 aliphatic heterocycles. The van der Waals surface area contributed by atoms with Gasteiger partial charge in [0.15, 0.2) is 5.78 Å². The molecule has 3 rings (SSSR count). The highest BCUT2D eigenvalue weighted by atomic mass is 32.2. The summed E-state index contributed by atoms with van der Waals surface area (Å²) in [4.78, 5) is 24.6. The molecule has 0 aliphatic carbocycles. The van der Waals surface area contributed by atoms with Crippen LogP contribution in [-0.2, 0) is 10.0 Å². The third kappa shape index (κ3) is 4.23. The summed E-state index contributed by atoms with van der Waals surface area (Å²) in [6.07, 6.45) is 1.17. The predicted octanol–water partition coefficient (Wildman–Crippen LogP) is 4.14. The van der Waals surface area contributed by atoms with Crippen LogP contribution in [0, 0.1) is 0 Å². The third-order valence-corrected chi connectivity index (χ3v) is 6.61. The molecule has 1 aromatic heterocycles. The molecule has 0 bridgehead atoms. The number of thiophene rings is 1. The van der Waals surface area contributed by atoms with E-state index in [9.17, 15) is 18.0 Å². The highest BCUT2D eigenvalue weighted by Gasteiger charge is 2.17. The molecule has 3 aromatic rings. The summed E-state index contributed by atoms with van der Waals surface area (Å²) < 4.78 is 26.1. The van der Waals surface area contributed by atoms with Gasteiger partial charge in [-0.05, 0) is 55.6 Å². The molecule has 6 nitrogen and oxygen atoms in total. The number of amides is 1. The van der Waals surface area contributed by atoms with E-state index in [-0.39, 0.29) is 11.7 Å². The SMILES string of the molecule is CCN(c1ccc2sc(C(=O)Nc3cccc(C(C)=O)c3)cc2c1)S(C)(=O)=O. The Morgan fingerprint density at radius 3 is 2.50 bits per heavy atom. The Labute approximate surface area is 167 Å². The van der Waals surface area contributed by atoms with Crippen molar-refractivity contribution in [1.82, 2.24) is 0 Å². The molecule has 0 spiro atoms. The van der Waals surface area contributed by atoms with Crippen LogP contribution < -0.4 is 9.62 Å². The van der Waals surface area contributed by atoms with Crippen molar-refractivity contribution in [1.29, 1.82) is 0 Å². The van der Waals surface area contributed by atoms with Gasteiger partial charge >= 0.3 is 0 Å². The molecule has 0 radical (unpaired) electrons. The summed E-state index contributed by atoms with van der Waals surface area (Å²) in [6, 6.07) is 13.8. The molecule has 0 saturated heterocycles. The second-order valence-electron chi connectivity index (χ2n) is 6.35. The van der Waals surface area contributed by atoms with Gasteiger partial charge in [0.25, 0.3) is 5.91 Å². The zero-order chi connectivity index (χ0) is 20.5. The van der Waals surface area contributed by atoms with Gasteiger partial charge in [-0.25, -0.2) is 8.42 Å². The van der Waals surface area contributed by atoms with E-state index in [1.54, 1.807) is 49.4 Å². The lowest BCUT2D eigenvalue weighted by molar-refractivity contribution is 0.101. The van der Waals surface area contributed by atoms with Crippen LogP contribution in [0.25, 0.3) is 10.1 Å². The summed E-state index contributed by atoms with van der Waals surface area (Å²) >= 11 is 1.32. The van der Waals surface area contributed by atoms with Crippen LogP contribution >= 0.6 is 11.3 Å². The van der Waals surface area contributed by atoms with Gasteiger partial charge in [-0.15, -0.1) is 11.3 Å². The number of sulfonamides is 1. The predicted molar refractivity (Wildman–Crippen MR) is 114 cm³/mol. The minimum atomic E-state index is -3.37. The van der Waals surface area contributed by atoms with E-state index in [0.29, 0.717) is 28.4 Å². The first-order valence-corrected chi connectivity index (χ1v) is 11.3. The first-order chi connectivity index (χ1) is 13.2. The van der Waals surface area contributed by atoms with E-state index >= 15 is 0 Å². The van der Waals surface area contributed by atoms with Gasteiger partial charge in [0, 0.05) is 22.5 Å². The monoisotopic (exact) mass is 416 g/mol. The van der Waals surface area contributed by atoms with Crippen LogP contribution in [0.2, 0.25) is 0 Å². The van der Waals surface area contributed by atoms with Gasteiger partial charge in [-0.1, -0.05) is 12.1 Å². The zero-order valence-electron chi connectivity index (χ0n) is 15.7. The Balaban J connectivity index is 1.89. The van der Waals surface area contributed by atoms with E-state index in [2.05, 4.69) is 5.32 Å². The second-order valence-corrected chi connectivity index (χ2v) is 9.34. The van der Waals surface area contributed by atoms with Gasteiger partial charge < -0.3 is 5.32 Å². The number of carbonyl (C=O) groups excluding carboxylic acids is 2. The molecule has 0 atom stereocenters. The fourth-order valence-electron chi connectivity index (χ4n) is 2.91. The number of nitrogens with one attached hydrogen (secondary N) is 1. The Morgan fingerprint density at radius 2 is 1.86 bits per heavy atom. The molecule has 0 saturated carbocycles. The lowest BCUT2D eigenvalue weighted by Gasteiger charge is -2.20. The molecular formula is C20H20N2O4S2. The Hall–Kier alpha value is -2.71. The van der Waals surface area contributed by atoms with Gasteiger partial charge in [0.05, 0.1) is 16.8 Å². The molecule has 8 heteroatoms. The van der Waals surface area contributed by atoms with Crippen molar-refractivity contribution in [3.63, 3.8) is 0 Å². The van der Waals surface area contributed by atoms with E-state index < -0.39 is 10.0 Å². The van der Waals surface area contributed by atoms with Gasteiger partial charge in [0.2, 0.25) is 10.0 Å². The minimum absolute atomic E-state index is 0.0724. The van der Waals surface area contributed by atoms with Crippen LogP contribution in [0.3, 0.4) is 0 Å². The lowest BCUT2D eigenvalue weighted by Crippen LogP contribution is -2.29. The van der Waals surface area contributed by atoms with Gasteiger partial charge in [0.1, 0.15) is 0 Å². The van der Waals surface area contributed by atoms with E-state index in [1.165, 1.54) is 28.8 Å². The maximum absolute atomic E-state index is 12.6. The largest absolute Gasteiger partial charge is 0.321 e. The van der Waals surface area contributed by atoms with E-state index in [4.69, 9.17) is 0 Å². The number of hydrogen-bond donors (Lipinski definition) is 1. The molecule has 0 unspecified atom stereocenters. The zero-order valence-corrected chi connectivity index (χ0v) is 17.4. The minimum Gasteiger partial charge on any atom is -0.321 e. The maximum atomic E-state index is 12.6. The molecule has 1 heterocycles. The van der Waals surface area contributed by atoms with Crippen LogP contribution in [0.4, 0.5) is 11.4 Å². The van der Waals surface area contributed by atoms with Crippen molar-refractivity contribution >= 4 is 54.5 Å². The fraction of sp³-hybridized carbons (Fsp3) is 0.200. The Kier molecular flexibility index (Phi) is 5.53. The summed E-state index contributed by atoms with van der Waals surface area (Å²) in [5.74, 6) is -0.351. The number of ketones is 1. The summed E-state index contributed by atoms with van der Waals surface area (Å²) in [7, 11) is -3.37. The maximum Gasteiger partial charge on any atom is 0.265 e. The van der Waals surface area contributed by atoms with Crippen LogP contribution in [0.15, 0.2) is 48.5 Å². The molecule has 1 N–H and O–H groups in total. The molecule has 0 aliphatic rings. The molecular weight excluding hydrogens is 396 g/mol. The topological polar surface area (TPSA) is 83.6 Å². The molecule has 146 valence electrons. The van der Waals surface area contributed by atoms with Crippen molar-refractivity contribution in [3.05, 3.63) is 59.0 Å². The number of nitrogens with zero attached hydrogens (tertiary/aromatic N) is 1. The fourth-order valence-corrected chi connectivity index (χ4v) is 4.82. The number of benzene rings is 2. The molecule has 28 heavy (non-hydrogen) atoms. The third-order valence-electron chi connectivity index (χ3n) is 4.23. The van der Waals surface area contributed by atoms with Crippen molar-refractivity contribution in [2.75, 3.05) is 22.4 Å². The number of anilines is 2. The second kappa shape index (κ2) is 7.73. The van der Waals surface area contributed by atoms with Crippen molar-refractivity contribution in [2.24, 2.45) is 0 Å². The smallest absolute Gasteiger partial charge is 0.265 e. The number of rotatable bonds is 6. The lowest BCUT2D eigenvalue weighted by atomic mass is 10.1.